The Labute approximate surface area is 360 Å². The van der Waals surface area contributed by atoms with Crippen LogP contribution in [0.5, 0.6) is 0 Å². The van der Waals surface area contributed by atoms with E-state index in [1.165, 1.54) is 99.2 Å². The molecule has 0 fully saturated rings. The van der Waals surface area contributed by atoms with Crippen molar-refractivity contribution < 1.29 is 0 Å². The predicted molar refractivity (Wildman–Crippen MR) is 262 cm³/mol. The van der Waals surface area contributed by atoms with E-state index in [2.05, 4.69) is 252 Å². The fourth-order valence-corrected chi connectivity index (χ4v) is 9.59. The molecule has 0 bridgehead atoms. The molecule has 0 unspecified atom stereocenters. The lowest BCUT2D eigenvalue weighted by molar-refractivity contribution is 1.18. The zero-order valence-corrected chi connectivity index (χ0v) is 34.0. The van der Waals surface area contributed by atoms with Gasteiger partial charge in [-0.2, -0.15) is 0 Å². The molecule has 62 heavy (non-hydrogen) atoms. The molecular formula is C60H40N2. The van der Waals surface area contributed by atoms with Gasteiger partial charge in [0.1, 0.15) is 0 Å². The highest BCUT2D eigenvalue weighted by Crippen LogP contribution is 2.41. The first-order chi connectivity index (χ1) is 30.7. The molecule has 0 saturated carbocycles. The smallest absolute Gasteiger partial charge is 0.0541 e. The maximum atomic E-state index is 2.44. The lowest BCUT2D eigenvalue weighted by Crippen LogP contribution is -1.94. The molecule has 0 saturated heterocycles. The summed E-state index contributed by atoms with van der Waals surface area (Å²) >= 11 is 0. The van der Waals surface area contributed by atoms with Crippen molar-refractivity contribution in [1.29, 1.82) is 0 Å². The molecule has 12 rings (SSSR count). The number of hydrogen-bond donors (Lipinski definition) is 0. The minimum absolute atomic E-state index is 1.14. The van der Waals surface area contributed by atoms with E-state index >= 15 is 0 Å². The zero-order chi connectivity index (χ0) is 41.0. The molecule has 0 spiro atoms. The summed E-state index contributed by atoms with van der Waals surface area (Å²) in [6, 6.07) is 88.4. The molecule has 290 valence electrons. The monoisotopic (exact) mass is 788 g/mol. The Balaban J connectivity index is 1.05. The summed E-state index contributed by atoms with van der Waals surface area (Å²) in [4.78, 5) is 0. The van der Waals surface area contributed by atoms with E-state index in [9.17, 15) is 0 Å². The van der Waals surface area contributed by atoms with Gasteiger partial charge in [-0.3, -0.25) is 0 Å². The first-order valence-corrected chi connectivity index (χ1v) is 21.3. The number of fused-ring (bicyclic) bond motifs is 6. The highest BCUT2D eigenvalue weighted by molar-refractivity contribution is 6.13. The minimum Gasteiger partial charge on any atom is -0.309 e. The maximum absolute atomic E-state index is 2.44. The van der Waals surface area contributed by atoms with Crippen LogP contribution in [0.25, 0.3) is 111 Å². The van der Waals surface area contributed by atoms with E-state index in [-0.39, 0.29) is 0 Å². The molecule has 2 nitrogen and oxygen atoms in total. The summed E-state index contributed by atoms with van der Waals surface area (Å²) in [5, 5.41) is 4.93. The van der Waals surface area contributed by atoms with Gasteiger partial charge in [-0.25, -0.2) is 0 Å². The fraction of sp³-hybridized carbons (Fsp3) is 0. The van der Waals surface area contributed by atoms with Gasteiger partial charge in [-0.05, 0) is 122 Å². The molecule has 0 N–H and O–H groups in total. The number of rotatable bonds is 7. The second kappa shape index (κ2) is 14.8. The first kappa shape index (κ1) is 35.7. The molecule has 0 radical (unpaired) electrons. The summed E-state index contributed by atoms with van der Waals surface area (Å²) in [6.07, 6.45) is 0. The average Bonchev–Trinajstić information content (AvgIpc) is 3.86. The third-order valence-electron chi connectivity index (χ3n) is 12.5. The van der Waals surface area contributed by atoms with Gasteiger partial charge in [0.2, 0.25) is 0 Å². The predicted octanol–water partition coefficient (Wildman–Crippen LogP) is 16.2. The van der Waals surface area contributed by atoms with Gasteiger partial charge in [0.05, 0.1) is 22.1 Å². The van der Waals surface area contributed by atoms with Gasteiger partial charge >= 0.3 is 0 Å². The van der Waals surface area contributed by atoms with Crippen LogP contribution in [0.2, 0.25) is 0 Å². The van der Waals surface area contributed by atoms with Gasteiger partial charge in [0.25, 0.3) is 0 Å². The SMILES string of the molecule is c1ccc(-c2cccc(-n3c4ccccc4c4cc(-c5ccc6c(c5)c5cc(-c7ccccc7-c7ccccc7)ccc5n6-c5cccc(-c6ccccc6)c5)ccc43)c2)cc1. The molecule has 2 heteroatoms. The Morgan fingerprint density at radius 3 is 1.08 bits per heavy atom. The largest absolute Gasteiger partial charge is 0.309 e. The molecule has 0 aliphatic heterocycles. The van der Waals surface area contributed by atoms with Crippen molar-refractivity contribution in [2.24, 2.45) is 0 Å². The zero-order valence-electron chi connectivity index (χ0n) is 34.0. The van der Waals surface area contributed by atoms with Crippen LogP contribution < -0.4 is 0 Å². The summed E-state index contributed by atoms with van der Waals surface area (Å²) in [5.41, 5.74) is 19.1. The Hall–Kier alpha value is -8.20. The molecule has 0 atom stereocenters. The molecule has 2 aromatic heterocycles. The summed E-state index contributed by atoms with van der Waals surface area (Å²) in [7, 11) is 0. The van der Waals surface area contributed by atoms with E-state index in [0.717, 1.165) is 11.4 Å². The number of hydrogen-bond acceptors (Lipinski definition) is 0. The molecule has 12 aromatic rings. The highest BCUT2D eigenvalue weighted by Gasteiger charge is 2.18. The van der Waals surface area contributed by atoms with Gasteiger partial charge in [-0.15, -0.1) is 0 Å². The fourth-order valence-electron chi connectivity index (χ4n) is 9.59. The van der Waals surface area contributed by atoms with E-state index in [1.807, 2.05) is 0 Å². The van der Waals surface area contributed by atoms with E-state index in [0.29, 0.717) is 0 Å². The Bertz CT molecular complexity index is 3610. The van der Waals surface area contributed by atoms with Crippen LogP contribution in [0.4, 0.5) is 0 Å². The Morgan fingerprint density at radius 2 is 0.548 bits per heavy atom. The van der Waals surface area contributed by atoms with E-state index < -0.39 is 0 Å². The molecule has 0 amide bonds. The lowest BCUT2D eigenvalue weighted by atomic mass is 9.93. The normalized spacial score (nSPS) is 11.5. The summed E-state index contributed by atoms with van der Waals surface area (Å²) < 4.78 is 4.85. The summed E-state index contributed by atoms with van der Waals surface area (Å²) in [5.74, 6) is 0. The van der Waals surface area contributed by atoms with Gasteiger partial charge < -0.3 is 9.13 Å². The van der Waals surface area contributed by atoms with Crippen LogP contribution in [0.1, 0.15) is 0 Å². The van der Waals surface area contributed by atoms with E-state index in [4.69, 9.17) is 0 Å². The molecule has 0 aliphatic carbocycles. The second-order valence-electron chi connectivity index (χ2n) is 16.1. The Kier molecular flexibility index (Phi) is 8.53. The van der Waals surface area contributed by atoms with Gasteiger partial charge in [0, 0.05) is 32.9 Å². The van der Waals surface area contributed by atoms with Crippen LogP contribution in [0, 0.1) is 0 Å². The van der Waals surface area contributed by atoms with Crippen molar-refractivity contribution in [3.05, 3.63) is 243 Å². The lowest BCUT2D eigenvalue weighted by Gasteiger charge is -2.12. The number of nitrogens with zero attached hydrogens (tertiary/aromatic N) is 2. The Morgan fingerprint density at radius 1 is 0.194 bits per heavy atom. The van der Waals surface area contributed by atoms with Crippen LogP contribution >= 0.6 is 0 Å². The molecule has 2 heterocycles. The molecule has 10 aromatic carbocycles. The third kappa shape index (κ3) is 6.04. The van der Waals surface area contributed by atoms with Crippen LogP contribution in [0.3, 0.4) is 0 Å². The van der Waals surface area contributed by atoms with Crippen molar-refractivity contribution in [2.45, 2.75) is 0 Å². The standard InChI is InChI=1S/C60H40N2/c1-4-16-41(17-5-1)44-22-14-24-49(36-44)61-57-29-13-12-28-53(57)54-38-46(30-33-58(54)61)47-31-34-59-55(39-47)56-40-48(52-27-11-10-26-51(52)43-20-8-3-9-21-43)32-35-60(56)62(59)50-25-15-23-45(37-50)42-18-6-2-7-19-42/h1-40H. The number of benzene rings is 10. The average molecular weight is 789 g/mol. The van der Waals surface area contributed by atoms with Crippen molar-refractivity contribution in [3.8, 4) is 67.0 Å². The summed E-state index contributed by atoms with van der Waals surface area (Å²) in [6.45, 7) is 0. The van der Waals surface area contributed by atoms with Crippen LogP contribution in [-0.2, 0) is 0 Å². The van der Waals surface area contributed by atoms with Crippen molar-refractivity contribution in [2.75, 3.05) is 0 Å². The van der Waals surface area contributed by atoms with Crippen LogP contribution in [-0.4, -0.2) is 9.13 Å². The van der Waals surface area contributed by atoms with Crippen molar-refractivity contribution in [1.82, 2.24) is 9.13 Å². The second-order valence-corrected chi connectivity index (χ2v) is 16.1. The van der Waals surface area contributed by atoms with Gasteiger partial charge in [-0.1, -0.05) is 176 Å². The number of aromatic nitrogens is 2. The molecular weight excluding hydrogens is 749 g/mol. The van der Waals surface area contributed by atoms with Crippen molar-refractivity contribution >= 4 is 43.6 Å². The molecule has 0 aliphatic rings. The van der Waals surface area contributed by atoms with Crippen molar-refractivity contribution in [3.63, 3.8) is 0 Å². The maximum Gasteiger partial charge on any atom is 0.0541 e. The highest BCUT2D eigenvalue weighted by atomic mass is 15.0. The first-order valence-electron chi connectivity index (χ1n) is 21.3. The third-order valence-corrected chi connectivity index (χ3v) is 12.5. The quantitative estimate of drug-likeness (QED) is 0.152. The van der Waals surface area contributed by atoms with Crippen LogP contribution in [0.15, 0.2) is 243 Å². The number of para-hydroxylation sites is 1. The topological polar surface area (TPSA) is 9.86 Å². The van der Waals surface area contributed by atoms with Gasteiger partial charge in [0.15, 0.2) is 0 Å². The van der Waals surface area contributed by atoms with E-state index in [1.54, 1.807) is 0 Å². The minimum atomic E-state index is 1.14.